The number of aromatic nitrogens is 3. The van der Waals surface area contributed by atoms with E-state index in [0.717, 1.165) is 22.8 Å². The lowest BCUT2D eigenvalue weighted by atomic mass is 10.2. The van der Waals surface area contributed by atoms with Gasteiger partial charge in [-0.1, -0.05) is 24.3 Å². The van der Waals surface area contributed by atoms with E-state index in [1.54, 1.807) is 11.6 Å². The minimum atomic E-state index is -0.242. The summed E-state index contributed by atoms with van der Waals surface area (Å²) in [7, 11) is 0. The molecule has 6 heteroatoms. The van der Waals surface area contributed by atoms with E-state index in [0.29, 0.717) is 11.5 Å². The van der Waals surface area contributed by atoms with Gasteiger partial charge in [0.25, 0.3) is 5.91 Å². The molecular weight excluding hydrogens is 344 g/mol. The molecule has 0 saturated carbocycles. The summed E-state index contributed by atoms with van der Waals surface area (Å²) in [4.78, 5) is 21.3. The van der Waals surface area contributed by atoms with E-state index < -0.39 is 0 Å². The number of fused-ring (bicyclic) bond motifs is 1. The number of anilines is 1. The van der Waals surface area contributed by atoms with E-state index in [9.17, 15) is 4.79 Å². The van der Waals surface area contributed by atoms with Crippen LogP contribution in [0.3, 0.4) is 0 Å². The van der Waals surface area contributed by atoms with E-state index in [1.807, 2.05) is 31.2 Å². The summed E-state index contributed by atoms with van der Waals surface area (Å²) in [6.45, 7) is 4.87. The highest BCUT2D eigenvalue weighted by atomic mass is 32.1. The van der Waals surface area contributed by atoms with E-state index in [2.05, 4.69) is 45.0 Å². The first-order chi connectivity index (χ1) is 12.7. The zero-order valence-corrected chi connectivity index (χ0v) is 15.4. The molecule has 0 aliphatic rings. The Morgan fingerprint density at radius 3 is 2.88 bits per heavy atom. The Balaban J connectivity index is 1.66. The lowest BCUT2D eigenvalue weighted by Gasteiger charge is -2.06. The summed E-state index contributed by atoms with van der Waals surface area (Å²) in [6, 6.07) is 14.1. The van der Waals surface area contributed by atoms with Crippen molar-refractivity contribution in [3.8, 4) is 10.7 Å². The number of carbonyl (C=O) groups excluding carboxylic acids is 1. The Morgan fingerprint density at radius 1 is 1.23 bits per heavy atom. The van der Waals surface area contributed by atoms with Crippen LogP contribution in [0.25, 0.3) is 21.6 Å². The summed E-state index contributed by atoms with van der Waals surface area (Å²) in [5.41, 5.74) is 3.53. The normalized spacial score (nSPS) is 11.0. The van der Waals surface area contributed by atoms with Crippen LogP contribution in [0.5, 0.6) is 0 Å². The maximum atomic E-state index is 12.5. The average Bonchev–Trinajstić information content (AvgIpc) is 3.27. The highest BCUT2D eigenvalue weighted by Gasteiger charge is 2.16. The first kappa shape index (κ1) is 16.5. The molecule has 26 heavy (non-hydrogen) atoms. The Hall–Kier alpha value is -2.99. The quantitative estimate of drug-likeness (QED) is 0.570. The summed E-state index contributed by atoms with van der Waals surface area (Å²) in [6.07, 6.45) is 1.66. The number of nitrogens with zero attached hydrogens (tertiary/aromatic N) is 3. The van der Waals surface area contributed by atoms with Crippen molar-refractivity contribution in [1.29, 1.82) is 0 Å². The molecule has 0 spiro atoms. The molecular formula is C20H18N4OS. The predicted octanol–water partition coefficient (Wildman–Crippen LogP) is 4.74. The van der Waals surface area contributed by atoms with E-state index >= 15 is 0 Å². The number of rotatable bonds is 4. The molecule has 0 radical (unpaired) electrons. The number of benzene rings is 1. The average molecular weight is 362 g/mol. The fraction of sp³-hybridized carbons (Fsp3) is 0.150. The third-order valence-corrected chi connectivity index (χ3v) is 5.19. The molecule has 0 aliphatic carbocycles. The molecule has 1 N–H and O–H groups in total. The third-order valence-electron chi connectivity index (χ3n) is 4.32. The highest BCUT2D eigenvalue weighted by Crippen LogP contribution is 2.30. The van der Waals surface area contributed by atoms with Crippen LogP contribution in [-0.4, -0.2) is 20.4 Å². The second-order valence-electron chi connectivity index (χ2n) is 5.99. The highest BCUT2D eigenvalue weighted by molar-refractivity contribution is 7.13. The molecule has 3 heterocycles. The van der Waals surface area contributed by atoms with E-state index in [-0.39, 0.29) is 5.91 Å². The van der Waals surface area contributed by atoms with Gasteiger partial charge in [0.1, 0.15) is 16.5 Å². The first-order valence-electron chi connectivity index (χ1n) is 8.44. The SMILES string of the molecule is CCn1c(-c2nc(C(=O)Nc3ncccc3C)cs2)cc2ccccc21. The van der Waals surface area contributed by atoms with Crippen molar-refractivity contribution < 1.29 is 4.79 Å². The standard InChI is InChI=1S/C20H18N4OS/c1-3-24-16-9-5-4-8-14(16)11-17(24)20-22-15(12-26-20)19(25)23-18-13(2)7-6-10-21-18/h4-12H,3H2,1-2H3,(H,21,23,25). The minimum Gasteiger partial charge on any atom is -0.339 e. The molecule has 1 aromatic carbocycles. The summed E-state index contributed by atoms with van der Waals surface area (Å²) >= 11 is 1.48. The van der Waals surface area contributed by atoms with Gasteiger partial charge in [0, 0.05) is 29.0 Å². The van der Waals surface area contributed by atoms with E-state index in [4.69, 9.17) is 0 Å². The van der Waals surface area contributed by atoms with Crippen molar-refractivity contribution in [2.75, 3.05) is 5.32 Å². The third kappa shape index (κ3) is 2.88. The molecule has 5 nitrogen and oxygen atoms in total. The Labute approximate surface area is 155 Å². The van der Waals surface area contributed by atoms with Crippen molar-refractivity contribution in [2.45, 2.75) is 20.4 Å². The number of hydrogen-bond acceptors (Lipinski definition) is 4. The number of pyridine rings is 1. The zero-order valence-electron chi connectivity index (χ0n) is 14.6. The monoisotopic (exact) mass is 362 g/mol. The number of thiazole rings is 1. The first-order valence-corrected chi connectivity index (χ1v) is 9.32. The van der Waals surface area contributed by atoms with Gasteiger partial charge < -0.3 is 9.88 Å². The number of nitrogens with one attached hydrogen (secondary N) is 1. The Bertz CT molecular complexity index is 1100. The summed E-state index contributed by atoms with van der Waals surface area (Å²) in [5, 5.41) is 6.64. The van der Waals surface area contributed by atoms with Crippen LogP contribution < -0.4 is 5.32 Å². The smallest absolute Gasteiger partial charge is 0.276 e. The number of amides is 1. The van der Waals surface area contributed by atoms with Crippen molar-refractivity contribution in [3.63, 3.8) is 0 Å². The summed E-state index contributed by atoms with van der Waals surface area (Å²) < 4.78 is 2.22. The fourth-order valence-electron chi connectivity index (χ4n) is 3.01. The molecule has 0 atom stereocenters. The Morgan fingerprint density at radius 2 is 2.08 bits per heavy atom. The maximum absolute atomic E-state index is 12.5. The Kier molecular flexibility index (Phi) is 4.26. The van der Waals surface area contributed by atoms with Crippen molar-refractivity contribution >= 4 is 34.0 Å². The second-order valence-corrected chi connectivity index (χ2v) is 6.85. The second kappa shape index (κ2) is 6.72. The van der Waals surface area contributed by atoms with Gasteiger partial charge >= 0.3 is 0 Å². The molecule has 0 fully saturated rings. The van der Waals surface area contributed by atoms with Crippen LogP contribution in [0, 0.1) is 6.92 Å². The van der Waals surface area contributed by atoms with Gasteiger partial charge in [-0.15, -0.1) is 11.3 Å². The largest absolute Gasteiger partial charge is 0.339 e. The van der Waals surface area contributed by atoms with Crippen LogP contribution in [0.1, 0.15) is 23.0 Å². The fourth-order valence-corrected chi connectivity index (χ4v) is 3.84. The molecule has 0 bridgehead atoms. The summed E-state index contributed by atoms with van der Waals surface area (Å²) in [5.74, 6) is 0.322. The van der Waals surface area contributed by atoms with Gasteiger partial charge in [0.2, 0.25) is 0 Å². The van der Waals surface area contributed by atoms with Crippen LogP contribution in [-0.2, 0) is 6.54 Å². The molecule has 0 aliphatic heterocycles. The molecule has 4 rings (SSSR count). The maximum Gasteiger partial charge on any atom is 0.276 e. The van der Waals surface area contributed by atoms with Crippen LogP contribution in [0.15, 0.2) is 54.0 Å². The molecule has 0 saturated heterocycles. The zero-order chi connectivity index (χ0) is 18.1. The van der Waals surface area contributed by atoms with Gasteiger partial charge in [0.05, 0.1) is 5.69 Å². The molecule has 4 aromatic rings. The number of aryl methyl sites for hydroxylation is 2. The van der Waals surface area contributed by atoms with Gasteiger partial charge in [-0.3, -0.25) is 4.79 Å². The van der Waals surface area contributed by atoms with Gasteiger partial charge in [-0.25, -0.2) is 9.97 Å². The van der Waals surface area contributed by atoms with Crippen molar-refractivity contribution in [2.24, 2.45) is 0 Å². The number of hydrogen-bond donors (Lipinski definition) is 1. The van der Waals surface area contributed by atoms with Crippen LogP contribution in [0.4, 0.5) is 5.82 Å². The number of para-hydroxylation sites is 1. The topological polar surface area (TPSA) is 59.8 Å². The van der Waals surface area contributed by atoms with Crippen molar-refractivity contribution in [3.05, 3.63) is 65.3 Å². The van der Waals surface area contributed by atoms with Crippen LogP contribution >= 0.6 is 11.3 Å². The molecule has 130 valence electrons. The van der Waals surface area contributed by atoms with Crippen LogP contribution in [0.2, 0.25) is 0 Å². The minimum absolute atomic E-state index is 0.242. The van der Waals surface area contributed by atoms with Gasteiger partial charge in [-0.05, 0) is 37.6 Å². The lowest BCUT2D eigenvalue weighted by Crippen LogP contribution is -2.14. The molecule has 0 unspecified atom stereocenters. The molecule has 1 amide bonds. The molecule has 3 aromatic heterocycles. The predicted molar refractivity (Wildman–Crippen MR) is 106 cm³/mol. The van der Waals surface area contributed by atoms with E-state index in [1.165, 1.54) is 22.2 Å². The van der Waals surface area contributed by atoms with Crippen molar-refractivity contribution in [1.82, 2.24) is 14.5 Å². The number of carbonyl (C=O) groups is 1. The lowest BCUT2D eigenvalue weighted by molar-refractivity contribution is 0.102. The van der Waals surface area contributed by atoms with Gasteiger partial charge in [0.15, 0.2) is 0 Å². The van der Waals surface area contributed by atoms with Gasteiger partial charge in [-0.2, -0.15) is 0 Å².